The quantitative estimate of drug-likeness (QED) is 0.630. The first-order chi connectivity index (χ1) is 15.3. The first-order valence-electron chi connectivity index (χ1n) is 10.1. The number of amides is 1. The average Bonchev–Trinajstić information content (AvgIpc) is 3.28. The number of nitrogens with two attached hydrogens (primary N) is 1. The number of nitrogens with zero attached hydrogens (tertiary/aromatic N) is 3. The highest BCUT2D eigenvalue weighted by atomic mass is 19.4. The van der Waals surface area contributed by atoms with E-state index in [0.29, 0.717) is 35.5 Å². The number of ether oxygens (including phenoxy) is 1. The monoisotopic (exact) mass is 442 g/mol. The molecule has 4 rings (SSSR count). The van der Waals surface area contributed by atoms with Gasteiger partial charge < -0.3 is 15.4 Å². The Balaban J connectivity index is 1.59. The molecule has 1 aromatic heterocycles. The van der Waals surface area contributed by atoms with Crippen molar-refractivity contribution in [1.82, 2.24) is 14.9 Å². The minimum absolute atomic E-state index is 0.0375. The zero-order chi connectivity index (χ0) is 22.7. The Labute approximate surface area is 182 Å². The number of rotatable bonds is 5. The third-order valence-corrected chi connectivity index (χ3v) is 5.35. The average molecular weight is 442 g/mol. The number of nitrogen functional groups attached to an aromatic ring is 1. The lowest BCUT2D eigenvalue weighted by Gasteiger charge is -2.26. The normalized spacial score (nSPS) is 16.2. The summed E-state index contributed by atoms with van der Waals surface area (Å²) in [4.78, 5) is 23.0. The molecular weight excluding hydrogens is 421 g/mol. The van der Waals surface area contributed by atoms with Crippen molar-refractivity contribution in [2.45, 2.75) is 25.1 Å². The van der Waals surface area contributed by atoms with Gasteiger partial charge in [0.15, 0.2) is 6.61 Å². The number of aromatic nitrogens is 2. The van der Waals surface area contributed by atoms with Gasteiger partial charge in [-0.3, -0.25) is 4.79 Å². The van der Waals surface area contributed by atoms with Crippen molar-refractivity contribution >= 4 is 11.9 Å². The SMILES string of the molecule is Nc1ncc(-c2ccc(C(F)(F)F)cc2)c([C@@H]2CCCN2C(=O)COc2ccccc2)n1. The van der Waals surface area contributed by atoms with Gasteiger partial charge in [-0.25, -0.2) is 9.97 Å². The minimum Gasteiger partial charge on any atom is -0.484 e. The molecule has 32 heavy (non-hydrogen) atoms. The standard InChI is InChI=1S/C23H21F3N4O2/c24-23(25,26)16-10-8-15(9-11-16)18-13-28-22(27)29-21(18)19-7-4-12-30(19)20(31)14-32-17-5-2-1-3-6-17/h1-3,5-6,8-11,13,19H,4,7,12,14H2,(H2,27,28,29)/t19-/m0/s1. The van der Waals surface area contributed by atoms with E-state index in [1.165, 1.54) is 18.3 Å². The molecule has 0 bridgehead atoms. The van der Waals surface area contributed by atoms with Gasteiger partial charge in [-0.15, -0.1) is 0 Å². The molecule has 166 valence electrons. The van der Waals surface area contributed by atoms with E-state index in [9.17, 15) is 18.0 Å². The summed E-state index contributed by atoms with van der Waals surface area (Å²) in [5.41, 5.74) is 6.65. The van der Waals surface area contributed by atoms with Crippen LogP contribution in [-0.4, -0.2) is 33.9 Å². The first-order valence-corrected chi connectivity index (χ1v) is 10.1. The molecular formula is C23H21F3N4O2. The maximum Gasteiger partial charge on any atom is 0.416 e. The van der Waals surface area contributed by atoms with Crippen molar-refractivity contribution < 1.29 is 22.7 Å². The van der Waals surface area contributed by atoms with Crippen LogP contribution in [0.4, 0.5) is 19.1 Å². The first kappa shape index (κ1) is 21.6. The number of hydrogen-bond acceptors (Lipinski definition) is 5. The minimum atomic E-state index is -4.42. The summed E-state index contributed by atoms with van der Waals surface area (Å²) in [5.74, 6) is 0.427. The van der Waals surface area contributed by atoms with Gasteiger partial charge in [-0.1, -0.05) is 30.3 Å². The van der Waals surface area contributed by atoms with E-state index in [1.807, 2.05) is 18.2 Å². The molecule has 2 heterocycles. The molecule has 1 saturated heterocycles. The van der Waals surface area contributed by atoms with E-state index in [2.05, 4.69) is 9.97 Å². The summed E-state index contributed by atoms with van der Waals surface area (Å²) < 4.78 is 44.4. The maximum atomic E-state index is 12.9. The van der Waals surface area contributed by atoms with Crippen molar-refractivity contribution in [3.8, 4) is 16.9 Å². The summed E-state index contributed by atoms with van der Waals surface area (Å²) in [6, 6.07) is 13.4. The lowest BCUT2D eigenvalue weighted by molar-refractivity contribution is -0.137. The highest BCUT2D eigenvalue weighted by Crippen LogP contribution is 2.38. The molecule has 1 amide bonds. The molecule has 3 aromatic rings. The van der Waals surface area contributed by atoms with Crippen LogP contribution in [0, 0.1) is 0 Å². The third-order valence-electron chi connectivity index (χ3n) is 5.35. The lowest BCUT2D eigenvalue weighted by Crippen LogP contribution is -2.35. The number of alkyl halides is 3. The molecule has 0 saturated carbocycles. The largest absolute Gasteiger partial charge is 0.484 e. The lowest BCUT2D eigenvalue weighted by atomic mass is 9.98. The molecule has 1 atom stereocenters. The fourth-order valence-corrected chi connectivity index (χ4v) is 3.82. The summed E-state index contributed by atoms with van der Waals surface area (Å²) in [7, 11) is 0. The second kappa shape index (κ2) is 8.86. The number of likely N-dealkylation sites (tertiary alicyclic amines) is 1. The molecule has 1 aliphatic rings. The molecule has 2 N–H and O–H groups in total. The third kappa shape index (κ3) is 4.66. The molecule has 0 radical (unpaired) electrons. The Morgan fingerprint density at radius 2 is 1.84 bits per heavy atom. The van der Waals surface area contributed by atoms with Crippen LogP contribution in [0.1, 0.15) is 30.1 Å². The number of halogens is 3. The topological polar surface area (TPSA) is 81.3 Å². The second-order valence-electron chi connectivity index (χ2n) is 7.45. The fourth-order valence-electron chi connectivity index (χ4n) is 3.82. The van der Waals surface area contributed by atoms with Crippen molar-refractivity contribution in [3.05, 3.63) is 72.1 Å². The number of hydrogen-bond donors (Lipinski definition) is 1. The van der Waals surface area contributed by atoms with E-state index < -0.39 is 11.7 Å². The van der Waals surface area contributed by atoms with Gasteiger partial charge in [0.1, 0.15) is 5.75 Å². The number of benzene rings is 2. The Bertz CT molecular complexity index is 1090. The van der Waals surface area contributed by atoms with Crippen molar-refractivity contribution in [3.63, 3.8) is 0 Å². The molecule has 0 spiro atoms. The zero-order valence-corrected chi connectivity index (χ0v) is 17.0. The van der Waals surface area contributed by atoms with E-state index in [-0.39, 0.29) is 24.5 Å². The van der Waals surface area contributed by atoms with Gasteiger partial charge in [0.2, 0.25) is 5.95 Å². The number of carbonyl (C=O) groups excluding carboxylic acids is 1. The smallest absolute Gasteiger partial charge is 0.416 e. The molecule has 2 aromatic carbocycles. The zero-order valence-electron chi connectivity index (χ0n) is 17.0. The molecule has 1 aliphatic heterocycles. The predicted molar refractivity (Wildman–Crippen MR) is 113 cm³/mol. The summed E-state index contributed by atoms with van der Waals surface area (Å²) in [6.45, 7) is 0.398. The van der Waals surface area contributed by atoms with Crippen LogP contribution in [0.3, 0.4) is 0 Å². The van der Waals surface area contributed by atoms with E-state index in [0.717, 1.165) is 18.6 Å². The maximum absolute atomic E-state index is 12.9. The van der Waals surface area contributed by atoms with Crippen molar-refractivity contribution in [2.24, 2.45) is 0 Å². The number of carbonyl (C=O) groups is 1. The molecule has 9 heteroatoms. The van der Waals surface area contributed by atoms with Crippen molar-refractivity contribution in [1.29, 1.82) is 0 Å². The van der Waals surface area contributed by atoms with Crippen LogP contribution in [0.25, 0.3) is 11.1 Å². The predicted octanol–water partition coefficient (Wildman–Crippen LogP) is 4.49. The van der Waals surface area contributed by atoms with Crippen LogP contribution in [0.15, 0.2) is 60.8 Å². The molecule has 0 unspecified atom stereocenters. The van der Waals surface area contributed by atoms with Crippen LogP contribution >= 0.6 is 0 Å². The number of anilines is 1. The van der Waals surface area contributed by atoms with Gasteiger partial charge in [-0.05, 0) is 42.7 Å². The Morgan fingerprint density at radius 3 is 2.53 bits per heavy atom. The Kier molecular flexibility index (Phi) is 5.98. The van der Waals surface area contributed by atoms with E-state index in [1.54, 1.807) is 17.0 Å². The van der Waals surface area contributed by atoms with Crippen LogP contribution < -0.4 is 10.5 Å². The van der Waals surface area contributed by atoms with Gasteiger partial charge in [0.05, 0.1) is 17.3 Å². The Hall–Kier alpha value is -3.62. The van der Waals surface area contributed by atoms with Gasteiger partial charge >= 0.3 is 6.18 Å². The van der Waals surface area contributed by atoms with E-state index >= 15 is 0 Å². The highest BCUT2D eigenvalue weighted by molar-refractivity contribution is 5.79. The summed E-state index contributed by atoms with van der Waals surface area (Å²) in [5, 5.41) is 0. The summed E-state index contributed by atoms with van der Waals surface area (Å²) in [6.07, 6.45) is -1.52. The molecule has 1 fully saturated rings. The second-order valence-corrected chi connectivity index (χ2v) is 7.45. The van der Waals surface area contributed by atoms with Crippen LogP contribution in [-0.2, 0) is 11.0 Å². The Morgan fingerprint density at radius 1 is 1.12 bits per heavy atom. The molecule has 6 nitrogen and oxygen atoms in total. The molecule has 0 aliphatic carbocycles. The van der Waals surface area contributed by atoms with Crippen LogP contribution in [0.2, 0.25) is 0 Å². The van der Waals surface area contributed by atoms with Gasteiger partial charge in [-0.2, -0.15) is 13.2 Å². The van der Waals surface area contributed by atoms with Crippen molar-refractivity contribution in [2.75, 3.05) is 18.9 Å². The van der Waals surface area contributed by atoms with Gasteiger partial charge in [0, 0.05) is 18.3 Å². The highest BCUT2D eigenvalue weighted by Gasteiger charge is 2.34. The summed E-state index contributed by atoms with van der Waals surface area (Å²) >= 11 is 0. The van der Waals surface area contributed by atoms with Gasteiger partial charge in [0.25, 0.3) is 5.91 Å². The fraction of sp³-hybridized carbons (Fsp3) is 0.261. The number of para-hydroxylation sites is 1. The van der Waals surface area contributed by atoms with Crippen LogP contribution in [0.5, 0.6) is 5.75 Å². The van der Waals surface area contributed by atoms with E-state index in [4.69, 9.17) is 10.5 Å².